The molecule has 1 unspecified atom stereocenters. The van der Waals surface area contributed by atoms with Gasteiger partial charge < -0.3 is 10.2 Å². The van der Waals surface area contributed by atoms with E-state index in [0.717, 1.165) is 0 Å². The molecule has 1 N–H and O–H groups in total. The first-order chi connectivity index (χ1) is 8.45. The van der Waals surface area contributed by atoms with Crippen LogP contribution in [0, 0.1) is 11.7 Å². The summed E-state index contributed by atoms with van der Waals surface area (Å²) in [7, 11) is 1.75. The third-order valence-corrected chi connectivity index (χ3v) is 3.93. The minimum absolute atomic E-state index is 0.0959. The van der Waals surface area contributed by atoms with E-state index < -0.39 is 0 Å². The largest absolute Gasteiger partial charge is 0.322 e. The molecule has 1 rings (SSSR count). The van der Waals surface area contributed by atoms with Gasteiger partial charge in [0.25, 0.3) is 0 Å². The molecule has 0 aliphatic heterocycles. The van der Waals surface area contributed by atoms with Gasteiger partial charge in [0, 0.05) is 12.7 Å². The zero-order valence-corrected chi connectivity index (χ0v) is 11.9. The minimum Gasteiger partial charge on any atom is -0.315 e. The number of hydrogen-bond acceptors (Lipinski definition) is 2. The average Bonchev–Trinajstić information content (AvgIpc) is 2.29. The lowest BCUT2D eigenvalue weighted by Gasteiger charge is -2.29. The number of benzene rings is 1. The fourth-order valence-electron chi connectivity index (χ4n) is 1.77. The predicted molar refractivity (Wildman–Crippen MR) is 75.3 cm³/mol. The van der Waals surface area contributed by atoms with E-state index in [2.05, 4.69) is 19.2 Å². The predicted octanol–water partition coefficient (Wildman–Crippen LogP) is 3.63. The molecule has 0 bridgehead atoms. The zero-order chi connectivity index (χ0) is 13.7. The second kappa shape index (κ2) is 6.64. The lowest BCUT2D eigenvalue weighted by atomic mass is 10.2. The number of hydrogen-bond donors (Lipinski definition) is 1. The highest BCUT2D eigenvalue weighted by molar-refractivity contribution is 7.99. The normalized spacial score (nSPS) is 12.3. The maximum absolute atomic E-state index is 13.0. The van der Waals surface area contributed by atoms with Gasteiger partial charge in [0.15, 0.2) is 0 Å². The van der Waals surface area contributed by atoms with Crippen LogP contribution < -0.4 is 5.32 Å². The smallest absolute Gasteiger partial charge is 0.315 e. The number of thioether (sulfide) groups is 1. The standard InChI is InChI=1S/C13H19FN2OS/c1-9(2)12(18-4)16(3)13(17)15-11-7-5-6-10(14)8-11/h5-9,12H,1-4H3,(H,15,17). The summed E-state index contributed by atoms with van der Waals surface area (Å²) < 4.78 is 13.0. The summed E-state index contributed by atoms with van der Waals surface area (Å²) in [6.45, 7) is 4.13. The molecule has 0 saturated carbocycles. The summed E-state index contributed by atoms with van der Waals surface area (Å²) in [5.74, 6) is -0.0102. The lowest BCUT2D eigenvalue weighted by molar-refractivity contribution is 0.211. The molecule has 0 radical (unpaired) electrons. The maximum Gasteiger partial charge on any atom is 0.322 e. The Morgan fingerprint density at radius 2 is 2.11 bits per heavy atom. The molecule has 5 heteroatoms. The summed E-state index contributed by atoms with van der Waals surface area (Å²) in [4.78, 5) is 13.6. The fraction of sp³-hybridized carbons (Fsp3) is 0.462. The van der Waals surface area contributed by atoms with Crippen LogP contribution in [0.5, 0.6) is 0 Å². The quantitative estimate of drug-likeness (QED) is 0.847. The lowest BCUT2D eigenvalue weighted by Crippen LogP contribution is -2.40. The Labute approximate surface area is 112 Å². The summed E-state index contributed by atoms with van der Waals surface area (Å²) >= 11 is 1.62. The van der Waals surface area contributed by atoms with Crippen LogP contribution in [0.2, 0.25) is 0 Å². The van der Waals surface area contributed by atoms with Crippen molar-refractivity contribution in [3.8, 4) is 0 Å². The summed E-state index contributed by atoms with van der Waals surface area (Å²) in [5, 5.41) is 2.78. The SMILES string of the molecule is CSC(C(C)C)N(C)C(=O)Nc1cccc(F)c1. The molecule has 1 atom stereocenters. The summed E-state index contributed by atoms with van der Waals surface area (Å²) in [6, 6.07) is 5.65. The highest BCUT2D eigenvalue weighted by Gasteiger charge is 2.21. The summed E-state index contributed by atoms with van der Waals surface area (Å²) in [6.07, 6.45) is 1.97. The molecule has 0 aliphatic carbocycles. The topological polar surface area (TPSA) is 32.3 Å². The number of rotatable bonds is 4. The average molecular weight is 270 g/mol. The molecule has 18 heavy (non-hydrogen) atoms. The van der Waals surface area contributed by atoms with E-state index in [1.165, 1.54) is 12.1 Å². The molecule has 1 aromatic carbocycles. The zero-order valence-electron chi connectivity index (χ0n) is 11.1. The van der Waals surface area contributed by atoms with Gasteiger partial charge in [0.1, 0.15) is 5.82 Å². The van der Waals surface area contributed by atoms with Crippen LogP contribution in [-0.4, -0.2) is 29.6 Å². The van der Waals surface area contributed by atoms with Crippen molar-refractivity contribution in [2.24, 2.45) is 5.92 Å². The van der Waals surface area contributed by atoms with Crippen LogP contribution in [0.15, 0.2) is 24.3 Å². The first kappa shape index (κ1) is 14.8. The van der Waals surface area contributed by atoms with Gasteiger partial charge in [-0.15, -0.1) is 11.8 Å². The van der Waals surface area contributed by atoms with Crippen molar-refractivity contribution < 1.29 is 9.18 Å². The van der Waals surface area contributed by atoms with Gasteiger partial charge in [-0.1, -0.05) is 19.9 Å². The molecular formula is C13H19FN2OS. The Kier molecular flexibility index (Phi) is 5.47. The second-order valence-electron chi connectivity index (χ2n) is 4.42. The van der Waals surface area contributed by atoms with Crippen molar-refractivity contribution in [2.45, 2.75) is 19.2 Å². The van der Waals surface area contributed by atoms with E-state index in [9.17, 15) is 9.18 Å². The fourth-order valence-corrected chi connectivity index (χ4v) is 2.73. The van der Waals surface area contributed by atoms with E-state index in [-0.39, 0.29) is 17.2 Å². The van der Waals surface area contributed by atoms with Crippen LogP contribution in [0.25, 0.3) is 0 Å². The molecule has 0 fully saturated rings. The highest BCUT2D eigenvalue weighted by Crippen LogP contribution is 2.20. The van der Waals surface area contributed by atoms with Gasteiger partial charge in [0.2, 0.25) is 0 Å². The third-order valence-electron chi connectivity index (χ3n) is 2.59. The number of carbonyl (C=O) groups is 1. The van der Waals surface area contributed by atoms with E-state index in [0.29, 0.717) is 11.6 Å². The van der Waals surface area contributed by atoms with E-state index in [1.807, 2.05) is 6.26 Å². The van der Waals surface area contributed by atoms with Gasteiger partial charge in [-0.05, 0) is 30.4 Å². The van der Waals surface area contributed by atoms with Crippen molar-refractivity contribution in [3.05, 3.63) is 30.1 Å². The first-order valence-corrected chi connectivity index (χ1v) is 7.06. The Bertz CT molecular complexity index is 412. The van der Waals surface area contributed by atoms with Crippen molar-refractivity contribution >= 4 is 23.5 Å². The molecule has 1 aromatic rings. The van der Waals surface area contributed by atoms with E-state index in [1.54, 1.807) is 35.8 Å². The number of nitrogens with one attached hydrogen (secondary N) is 1. The Morgan fingerprint density at radius 3 is 2.61 bits per heavy atom. The molecule has 100 valence electrons. The van der Waals surface area contributed by atoms with Crippen LogP contribution >= 0.6 is 11.8 Å². The Morgan fingerprint density at radius 1 is 1.44 bits per heavy atom. The second-order valence-corrected chi connectivity index (χ2v) is 5.38. The van der Waals surface area contributed by atoms with Crippen molar-refractivity contribution in [1.82, 2.24) is 4.90 Å². The van der Waals surface area contributed by atoms with Crippen LogP contribution in [0.3, 0.4) is 0 Å². The molecule has 0 heterocycles. The number of urea groups is 1. The molecule has 0 aromatic heterocycles. The number of anilines is 1. The third kappa shape index (κ3) is 3.91. The van der Waals surface area contributed by atoms with Crippen LogP contribution in [-0.2, 0) is 0 Å². The molecular weight excluding hydrogens is 251 g/mol. The van der Waals surface area contributed by atoms with Gasteiger partial charge in [-0.25, -0.2) is 9.18 Å². The molecule has 0 spiro atoms. The molecule has 0 aliphatic rings. The molecule has 0 saturated heterocycles. The Hall–Kier alpha value is -1.23. The number of nitrogens with zero attached hydrogens (tertiary/aromatic N) is 1. The van der Waals surface area contributed by atoms with E-state index >= 15 is 0 Å². The minimum atomic E-state index is -0.360. The monoisotopic (exact) mass is 270 g/mol. The molecule has 3 nitrogen and oxygen atoms in total. The summed E-state index contributed by atoms with van der Waals surface area (Å²) in [5.41, 5.74) is 0.468. The van der Waals surface area contributed by atoms with Crippen molar-refractivity contribution in [3.63, 3.8) is 0 Å². The van der Waals surface area contributed by atoms with Gasteiger partial charge >= 0.3 is 6.03 Å². The Balaban J connectivity index is 2.70. The molecule has 2 amide bonds. The van der Waals surface area contributed by atoms with Gasteiger partial charge in [-0.3, -0.25) is 0 Å². The van der Waals surface area contributed by atoms with Gasteiger partial charge in [-0.2, -0.15) is 0 Å². The maximum atomic E-state index is 13.0. The number of carbonyl (C=O) groups excluding carboxylic acids is 1. The first-order valence-electron chi connectivity index (χ1n) is 5.78. The van der Waals surface area contributed by atoms with Crippen LogP contribution in [0.1, 0.15) is 13.8 Å². The van der Waals surface area contributed by atoms with Crippen molar-refractivity contribution in [2.75, 3.05) is 18.6 Å². The highest BCUT2D eigenvalue weighted by atomic mass is 32.2. The van der Waals surface area contributed by atoms with E-state index in [4.69, 9.17) is 0 Å². The number of amides is 2. The number of halogens is 1. The van der Waals surface area contributed by atoms with Crippen molar-refractivity contribution in [1.29, 1.82) is 0 Å². The van der Waals surface area contributed by atoms with Crippen LogP contribution in [0.4, 0.5) is 14.9 Å². The van der Waals surface area contributed by atoms with Gasteiger partial charge in [0.05, 0.1) is 5.37 Å².